The molecule has 8 fully saturated rings. The smallest absolute Gasteiger partial charge is 0.726 e. The van der Waals surface area contributed by atoms with E-state index in [0.717, 1.165) is 44.9 Å². The average Bonchev–Trinajstić information content (AvgIpc) is 1.64. The summed E-state index contributed by atoms with van der Waals surface area (Å²) in [4.78, 5) is 0. The largest absolute Gasteiger partial charge is 1.00 e. The van der Waals surface area contributed by atoms with Crippen molar-refractivity contribution in [3.8, 4) is 0 Å². The standard InChI is InChI=1S/C51H88O60S13.13Na/c1-22(2)7-6-8-23(3)27-11-12-28-26-10-9-24-17-25(13-15-50(24,4)29(26)14-16-51(27,28)5)95-46-42(108-121(79,80)81)38(104-117(67,68)69)34(30(96-46)18-91-112(52,53)54)100-47-43(109-122(82,83)84)39(105-118(70,71)72)35(31(97-47)19-92-113(55,56)57)101-48-44(110-123(85,86)87)40(106-119(73,74)75)36(32(98-48)20-93-114(58,59)60)102-49-45(111-124(88,89)90)41(107-120(76,77)78)37(103-116(64,65)66)33(99-49)21-94-115(61,62)63;;;;;;;;;;;;;/h22-49H,6-21H2,1-5H3,(H,52,53,54)(H,55,56,57)(H,58,59,60)(H,61,62,63)(H,64,65,66)(H,67,68,69)(H,70,71,72)(H,73,74,75)(H,76,77,78)(H,79,80,81)(H,82,83,84)(H,85,86,87)(H,88,89,90);;;;;;;;;;;;;/q;13*+1/p-13/t23-,24?,25+,26+,27-,28+,29+,30-,31-,32-,33-,34-,35-,36-,37-,38+,39+,40+,41+,42-,43-,44-,45-,46-,47-,48-,49-,50+,51-;;;;;;;;;;;;;/m1............./s1. The van der Waals surface area contributed by atoms with E-state index in [4.69, 9.17) is 37.9 Å². The van der Waals surface area contributed by atoms with Gasteiger partial charge in [-0.15, -0.1) is 0 Å². The van der Waals surface area contributed by atoms with Crippen LogP contribution in [0.1, 0.15) is 112 Å². The van der Waals surface area contributed by atoms with E-state index in [1.807, 2.05) is 6.92 Å². The van der Waals surface area contributed by atoms with Crippen molar-refractivity contribution in [2.45, 2.75) is 241 Å². The molecule has 8 aliphatic rings. The molecule has 0 spiro atoms. The summed E-state index contributed by atoms with van der Waals surface area (Å²) < 4.78 is 585. The number of rotatable bonds is 43. The van der Waals surface area contributed by atoms with Gasteiger partial charge in [0.05, 0.1) is 32.5 Å². The molecule has 0 aromatic heterocycles. The molecule has 730 valence electrons. The number of ether oxygens (including phenoxy) is 8. The Kier molecular flexibility index (Phi) is 73.6. The zero-order valence-corrected chi connectivity index (χ0v) is 113. The minimum Gasteiger partial charge on any atom is -0.726 e. The molecule has 86 heteroatoms. The Hall–Kier alpha value is 11.0. The van der Waals surface area contributed by atoms with Crippen molar-refractivity contribution in [1.29, 1.82) is 0 Å². The van der Waals surface area contributed by atoms with Gasteiger partial charge in [-0.1, -0.05) is 53.9 Å². The Morgan fingerprint density at radius 1 is 0.277 bits per heavy atom. The van der Waals surface area contributed by atoms with Crippen LogP contribution in [0.3, 0.4) is 0 Å². The van der Waals surface area contributed by atoms with E-state index < -0.39 is 296 Å². The van der Waals surface area contributed by atoms with Gasteiger partial charge in [-0.25, -0.2) is 109 Å². The second-order valence-electron chi connectivity index (χ2n) is 30.2. The van der Waals surface area contributed by atoms with Crippen LogP contribution >= 0.6 is 0 Å². The molecule has 0 N–H and O–H groups in total. The maximum absolute atomic E-state index is 13.0. The fraction of sp³-hybridized carbons (Fsp3) is 1.00. The zero-order chi connectivity index (χ0) is 93.8. The van der Waals surface area contributed by atoms with Gasteiger partial charge in [0.1, 0.15) is 73.2 Å². The molecule has 0 amide bonds. The van der Waals surface area contributed by atoms with Crippen LogP contribution in [0.4, 0.5) is 0 Å². The number of fused-ring (bicyclic) bond motifs is 5. The Balaban J connectivity index is -0.00000330. The van der Waals surface area contributed by atoms with E-state index in [9.17, 15) is 169 Å². The first-order valence-corrected chi connectivity index (χ1v) is 52.7. The third-order valence-electron chi connectivity index (χ3n) is 22.0. The molecule has 137 heavy (non-hydrogen) atoms. The first-order valence-electron chi connectivity index (χ1n) is 35.4. The maximum atomic E-state index is 13.0. The van der Waals surface area contributed by atoms with Gasteiger partial charge in [-0.05, 0) is 110 Å². The number of hydrogen-bond donors (Lipinski definition) is 0. The number of hydrogen-bond acceptors (Lipinski definition) is 60. The molecule has 4 saturated heterocycles. The zero-order valence-electron chi connectivity index (χ0n) is 76.3. The molecular weight excluding hydrogens is 2290 g/mol. The van der Waals surface area contributed by atoms with Gasteiger partial charge in [0.25, 0.3) is 0 Å². The van der Waals surface area contributed by atoms with E-state index in [0.29, 0.717) is 36.5 Å². The third kappa shape index (κ3) is 51.9. The van der Waals surface area contributed by atoms with Crippen LogP contribution in [0.25, 0.3) is 0 Å². The summed E-state index contributed by atoms with van der Waals surface area (Å²) in [7, 11) is -87.9. The van der Waals surface area contributed by atoms with Crippen molar-refractivity contribution in [2.24, 2.45) is 52.3 Å². The molecule has 0 aromatic carbocycles. The molecule has 0 radical (unpaired) electrons. The molecule has 8 rings (SSSR count). The van der Waals surface area contributed by atoms with E-state index >= 15 is 0 Å². The molecule has 0 bridgehead atoms. The maximum Gasteiger partial charge on any atom is 1.00 e. The van der Waals surface area contributed by atoms with Crippen LogP contribution in [-0.4, -0.2) is 324 Å². The van der Waals surface area contributed by atoms with Gasteiger partial charge in [-0.2, -0.15) is 0 Å². The summed E-state index contributed by atoms with van der Waals surface area (Å²) >= 11 is 0. The van der Waals surface area contributed by atoms with Gasteiger partial charge in [0, 0.05) is 0 Å². The predicted molar refractivity (Wildman–Crippen MR) is 361 cm³/mol. The fourth-order valence-electron chi connectivity index (χ4n) is 17.8. The molecule has 60 nitrogen and oxygen atoms in total. The average molecular weight is 2360 g/mol. The summed E-state index contributed by atoms with van der Waals surface area (Å²) in [6.45, 7) is 1.40. The van der Waals surface area contributed by atoms with E-state index in [-0.39, 0.29) is 427 Å². The van der Waals surface area contributed by atoms with Gasteiger partial charge in [0.15, 0.2) is 49.6 Å². The SMILES string of the molecule is CC(C)CCC[C@@H](C)[C@H]1CC[C@H]2[C@@H]3CCC4C[C@@H](O[C@@H]5O[C@H](COS(=O)(=O)[O-])[C@@H](O[C@H]6O[C@H](COS(=O)(=O)[O-])[C@@H](O[C@H]7O[C@H](COS(=O)(=O)[O-])[C@@H](O[C@H]8O[C@H](COS(=O)(=O)[O-])[C@@H](OS(=O)(=O)[O-])[C@H](OS(=O)(=O)[O-])[C@H]8OS(=O)(=O)[O-])[C@H](OS(=O)(=O)[O-])[C@H]7OS(=O)(=O)[O-])[C@H](OS(=O)(=O)[O-])[C@H]6OS(=O)(=O)[O-])[C@H](OS(=O)(=O)[O-])[C@H]5OS(=O)(=O)[O-])CC[C@]4(C)[C@H]3CC[C@]12C.[Na+].[Na+].[Na+].[Na+].[Na+].[Na+].[Na+].[Na+].[Na+].[Na+].[Na+].[Na+].[Na+]. The minimum absolute atomic E-state index is 0. The first-order chi connectivity index (χ1) is 55.9. The van der Waals surface area contributed by atoms with E-state index in [2.05, 4.69) is 82.1 Å². The molecule has 4 heterocycles. The molecule has 4 saturated carbocycles. The first kappa shape index (κ1) is 159. The van der Waals surface area contributed by atoms with Crippen molar-refractivity contribution < 1.29 is 645 Å². The fourth-order valence-corrected chi connectivity index (χ4v) is 23.4. The van der Waals surface area contributed by atoms with Crippen LogP contribution in [0, 0.1) is 52.3 Å². The molecule has 4 aliphatic carbocycles. The van der Waals surface area contributed by atoms with Crippen LogP contribution in [-0.2, 0) is 227 Å². The van der Waals surface area contributed by atoms with Gasteiger partial charge in [0.2, 0.25) is 135 Å². The summed E-state index contributed by atoms with van der Waals surface area (Å²) in [5.41, 5.74) is -0.500. The van der Waals surface area contributed by atoms with E-state index in [1.165, 1.54) is 0 Å². The Morgan fingerprint density at radius 3 is 0.803 bits per heavy atom. The Bertz CT molecular complexity index is 5380. The summed E-state index contributed by atoms with van der Waals surface area (Å²) in [5.74, 6) is 1.67. The second-order valence-corrected chi connectivity index (χ2v) is 43.5. The molecule has 1 unspecified atom stereocenters. The third-order valence-corrected chi connectivity index (χ3v) is 27.8. The van der Waals surface area contributed by atoms with Crippen molar-refractivity contribution in [2.75, 3.05) is 26.4 Å². The van der Waals surface area contributed by atoms with Crippen LogP contribution in [0.5, 0.6) is 0 Å². The Morgan fingerprint density at radius 2 is 0.526 bits per heavy atom. The van der Waals surface area contributed by atoms with E-state index in [1.54, 1.807) is 0 Å². The normalized spacial score (nSPS) is 33.6. The van der Waals surface area contributed by atoms with Gasteiger partial charge >= 0.3 is 384 Å². The van der Waals surface area contributed by atoms with Crippen molar-refractivity contribution >= 4 is 135 Å². The summed E-state index contributed by atoms with van der Waals surface area (Å²) in [5, 5.41) is 0. The quantitative estimate of drug-likeness (QED) is 0.0237. The van der Waals surface area contributed by atoms with Crippen LogP contribution < -0.4 is 384 Å². The topological polar surface area (TPSA) is 937 Å². The second kappa shape index (κ2) is 63.6. The van der Waals surface area contributed by atoms with Gasteiger partial charge in [-0.3, -0.25) is 54.4 Å². The molecule has 29 atom stereocenters. The Labute approximate surface area is 1080 Å². The molecule has 0 aromatic rings. The molecule has 4 aliphatic heterocycles. The van der Waals surface area contributed by atoms with Crippen molar-refractivity contribution in [1.82, 2.24) is 0 Å². The summed E-state index contributed by atoms with van der Waals surface area (Å²) in [6.07, 6.45) is -67.5. The van der Waals surface area contributed by atoms with Crippen molar-refractivity contribution in [3.63, 3.8) is 0 Å². The van der Waals surface area contributed by atoms with Crippen molar-refractivity contribution in [3.05, 3.63) is 0 Å². The van der Waals surface area contributed by atoms with Crippen LogP contribution in [0.2, 0.25) is 0 Å². The molecular formula is C51H75Na13O60S13. The minimum atomic E-state index is -7.13. The predicted octanol–water partition coefficient (Wildman–Crippen LogP) is -46.9. The van der Waals surface area contributed by atoms with Crippen LogP contribution in [0.15, 0.2) is 0 Å². The summed E-state index contributed by atoms with van der Waals surface area (Å²) in [6, 6.07) is 0. The monoisotopic (exact) mass is 2360 g/mol. The van der Waals surface area contributed by atoms with Gasteiger partial charge < -0.3 is 97.1 Å².